The van der Waals surface area contributed by atoms with E-state index in [1.54, 1.807) is 36.3 Å². The molecule has 2 aromatic rings. The zero-order valence-corrected chi connectivity index (χ0v) is 15.4. The van der Waals surface area contributed by atoms with Crippen molar-refractivity contribution in [1.82, 2.24) is 15.1 Å². The lowest BCUT2D eigenvalue weighted by molar-refractivity contribution is -0.125. The summed E-state index contributed by atoms with van der Waals surface area (Å²) in [6, 6.07) is 12.3. The number of carbonyl (C=O) groups is 3. The number of nitrogens with one attached hydrogen (secondary N) is 2. The Kier molecular flexibility index (Phi) is 4.60. The average Bonchev–Trinajstić information content (AvgIpc) is 3.28. The number of hydrogen-bond donors (Lipinski definition) is 2. The predicted octanol–water partition coefficient (Wildman–Crippen LogP) is 2.29. The smallest absolute Gasteiger partial charge is 0.324 e. The normalized spacial score (nSPS) is 15.5. The largest absolute Gasteiger partial charge is 0.496 e. The van der Waals surface area contributed by atoms with Crippen molar-refractivity contribution in [3.8, 4) is 5.75 Å². The summed E-state index contributed by atoms with van der Waals surface area (Å²) in [6.45, 7) is 1.06. The number of hydrogen-bond acceptors (Lipinski definition) is 4. The topological polar surface area (TPSA) is 91.0 Å². The number of nitrogens with zero attached hydrogens (tertiary/aromatic N) is 2. The lowest BCUT2D eigenvalue weighted by atomic mass is 10.1. The summed E-state index contributed by atoms with van der Waals surface area (Å²) in [7, 11) is 1.62. The molecule has 5 amide bonds. The van der Waals surface area contributed by atoms with Gasteiger partial charge in [-0.25, -0.2) is 9.59 Å². The summed E-state index contributed by atoms with van der Waals surface area (Å²) in [5.74, 6) is 0.486. The second-order valence-electron chi connectivity index (χ2n) is 6.68. The van der Waals surface area contributed by atoms with Crippen LogP contribution in [-0.2, 0) is 24.4 Å². The van der Waals surface area contributed by atoms with E-state index in [2.05, 4.69) is 10.6 Å². The van der Waals surface area contributed by atoms with Crippen molar-refractivity contribution in [2.75, 3.05) is 19.0 Å². The number of amides is 5. The van der Waals surface area contributed by atoms with Gasteiger partial charge in [0, 0.05) is 17.8 Å². The fourth-order valence-corrected chi connectivity index (χ4v) is 3.49. The van der Waals surface area contributed by atoms with Crippen LogP contribution in [0, 0.1) is 0 Å². The number of carbonyl (C=O) groups excluding carboxylic acids is 3. The first-order valence-electron chi connectivity index (χ1n) is 8.93. The minimum absolute atomic E-state index is 0.00122. The van der Waals surface area contributed by atoms with Crippen LogP contribution in [-0.4, -0.2) is 41.4 Å². The van der Waals surface area contributed by atoms with E-state index in [1.165, 1.54) is 0 Å². The van der Waals surface area contributed by atoms with Crippen LogP contribution in [0.1, 0.15) is 16.7 Å². The summed E-state index contributed by atoms with van der Waals surface area (Å²) in [5.41, 5.74) is 3.33. The number of methoxy groups -OCH3 is 1. The lowest BCUT2D eigenvalue weighted by Gasteiger charge is -2.20. The summed E-state index contributed by atoms with van der Waals surface area (Å²) in [5, 5.41) is 5.40. The molecule has 2 N–H and O–H groups in total. The maximum Gasteiger partial charge on any atom is 0.324 e. The quantitative estimate of drug-likeness (QED) is 0.797. The molecule has 0 radical (unpaired) electrons. The van der Waals surface area contributed by atoms with E-state index in [9.17, 15) is 14.4 Å². The number of para-hydroxylation sites is 1. The standard InChI is InChI=1S/C20H20N4O4/c1-28-17-8-4-6-13-10-23(12-15(13)17)20(27)22-16-7-3-2-5-14(16)11-24-18(25)9-21-19(24)26/h2-8H,9-12H2,1H3,(H,21,26)(H,22,27). The highest BCUT2D eigenvalue weighted by Crippen LogP contribution is 2.31. The molecule has 144 valence electrons. The van der Waals surface area contributed by atoms with Crippen molar-refractivity contribution in [1.29, 1.82) is 0 Å². The number of ether oxygens (including phenoxy) is 1. The van der Waals surface area contributed by atoms with Crippen LogP contribution in [0.4, 0.5) is 15.3 Å². The molecule has 0 bridgehead atoms. The van der Waals surface area contributed by atoms with Crippen molar-refractivity contribution >= 4 is 23.7 Å². The minimum Gasteiger partial charge on any atom is -0.496 e. The average molecular weight is 380 g/mol. The van der Waals surface area contributed by atoms with Gasteiger partial charge in [-0.1, -0.05) is 30.3 Å². The van der Waals surface area contributed by atoms with Gasteiger partial charge in [-0.15, -0.1) is 0 Å². The van der Waals surface area contributed by atoms with Gasteiger partial charge in [0.15, 0.2) is 0 Å². The van der Waals surface area contributed by atoms with Gasteiger partial charge in [-0.05, 0) is 23.3 Å². The van der Waals surface area contributed by atoms with Crippen LogP contribution < -0.4 is 15.4 Å². The van der Waals surface area contributed by atoms with Crippen LogP contribution in [0.2, 0.25) is 0 Å². The molecule has 28 heavy (non-hydrogen) atoms. The molecule has 0 saturated carbocycles. The zero-order chi connectivity index (χ0) is 19.7. The molecule has 2 aromatic carbocycles. The van der Waals surface area contributed by atoms with E-state index in [0.29, 0.717) is 24.3 Å². The predicted molar refractivity (Wildman–Crippen MR) is 102 cm³/mol. The third-order valence-electron chi connectivity index (χ3n) is 4.97. The van der Waals surface area contributed by atoms with Crippen molar-refractivity contribution < 1.29 is 19.1 Å². The van der Waals surface area contributed by atoms with Crippen molar-refractivity contribution in [2.24, 2.45) is 0 Å². The number of rotatable bonds is 4. The molecule has 0 aromatic heterocycles. The SMILES string of the molecule is COc1cccc2c1CN(C(=O)Nc1ccccc1CN1C(=O)CNC1=O)C2. The maximum absolute atomic E-state index is 12.8. The zero-order valence-electron chi connectivity index (χ0n) is 15.4. The Balaban J connectivity index is 1.49. The molecule has 0 atom stereocenters. The van der Waals surface area contributed by atoms with Crippen molar-refractivity contribution in [2.45, 2.75) is 19.6 Å². The molecule has 8 heteroatoms. The molecule has 4 rings (SSSR count). The van der Waals surface area contributed by atoms with Gasteiger partial charge in [0.2, 0.25) is 5.91 Å². The first-order valence-corrected chi connectivity index (χ1v) is 8.93. The van der Waals surface area contributed by atoms with Gasteiger partial charge in [-0.3, -0.25) is 9.69 Å². The van der Waals surface area contributed by atoms with Gasteiger partial charge in [0.1, 0.15) is 5.75 Å². The van der Waals surface area contributed by atoms with Crippen molar-refractivity contribution in [3.05, 3.63) is 59.2 Å². The maximum atomic E-state index is 12.8. The van der Waals surface area contributed by atoms with E-state index in [4.69, 9.17) is 4.74 Å². The molecular formula is C20H20N4O4. The number of urea groups is 2. The van der Waals surface area contributed by atoms with Crippen LogP contribution in [0.25, 0.3) is 0 Å². The molecule has 2 heterocycles. The number of benzene rings is 2. The molecule has 0 unspecified atom stereocenters. The fraction of sp³-hybridized carbons (Fsp3) is 0.250. The first kappa shape index (κ1) is 17.8. The van der Waals surface area contributed by atoms with Crippen LogP contribution in [0.15, 0.2) is 42.5 Å². The van der Waals surface area contributed by atoms with Gasteiger partial charge >= 0.3 is 12.1 Å². The Morgan fingerprint density at radius 3 is 2.71 bits per heavy atom. The van der Waals surface area contributed by atoms with Gasteiger partial charge in [0.25, 0.3) is 0 Å². The molecule has 2 aliphatic rings. The molecule has 1 saturated heterocycles. The molecule has 1 fully saturated rings. The van der Waals surface area contributed by atoms with Gasteiger partial charge in [-0.2, -0.15) is 0 Å². The summed E-state index contributed by atoms with van der Waals surface area (Å²) in [4.78, 5) is 39.3. The highest BCUT2D eigenvalue weighted by Gasteiger charge is 2.30. The molecule has 0 aliphatic carbocycles. The Bertz CT molecular complexity index is 943. The first-order chi connectivity index (χ1) is 13.6. The highest BCUT2D eigenvalue weighted by molar-refractivity contribution is 6.02. The van der Waals surface area contributed by atoms with E-state index >= 15 is 0 Å². The van der Waals surface area contributed by atoms with E-state index in [0.717, 1.165) is 21.8 Å². The third-order valence-corrected chi connectivity index (χ3v) is 4.97. The molecular weight excluding hydrogens is 360 g/mol. The van der Waals surface area contributed by atoms with Crippen molar-refractivity contribution in [3.63, 3.8) is 0 Å². The Hall–Kier alpha value is -3.55. The molecule has 0 spiro atoms. The van der Waals surface area contributed by atoms with E-state index in [-0.39, 0.29) is 25.0 Å². The molecule has 2 aliphatic heterocycles. The Labute approximate surface area is 162 Å². The second kappa shape index (κ2) is 7.22. The number of imide groups is 1. The lowest BCUT2D eigenvalue weighted by Crippen LogP contribution is -2.32. The molecule has 8 nitrogen and oxygen atoms in total. The van der Waals surface area contributed by atoms with Crippen LogP contribution >= 0.6 is 0 Å². The van der Waals surface area contributed by atoms with Crippen LogP contribution in [0.3, 0.4) is 0 Å². The van der Waals surface area contributed by atoms with Crippen LogP contribution in [0.5, 0.6) is 5.75 Å². The monoisotopic (exact) mass is 380 g/mol. The van der Waals surface area contributed by atoms with E-state index < -0.39 is 6.03 Å². The van der Waals surface area contributed by atoms with Gasteiger partial charge < -0.3 is 20.3 Å². The Morgan fingerprint density at radius 2 is 1.96 bits per heavy atom. The minimum atomic E-state index is -0.423. The third kappa shape index (κ3) is 3.24. The fourth-order valence-electron chi connectivity index (χ4n) is 3.49. The summed E-state index contributed by atoms with van der Waals surface area (Å²) >= 11 is 0. The van der Waals surface area contributed by atoms with Gasteiger partial charge in [0.05, 0.1) is 26.7 Å². The summed E-state index contributed by atoms with van der Waals surface area (Å²) in [6.07, 6.45) is 0. The Morgan fingerprint density at radius 1 is 1.14 bits per heavy atom. The highest BCUT2D eigenvalue weighted by atomic mass is 16.5. The number of anilines is 1. The number of fused-ring (bicyclic) bond motifs is 1. The van der Waals surface area contributed by atoms with E-state index in [1.807, 2.05) is 18.2 Å². The second-order valence-corrected chi connectivity index (χ2v) is 6.68. The summed E-state index contributed by atoms with van der Waals surface area (Å²) < 4.78 is 5.38.